The zero-order valence-electron chi connectivity index (χ0n) is 13.4. The first-order valence-corrected chi connectivity index (χ1v) is 8.40. The number of benzene rings is 2. The molecule has 122 valence electrons. The van der Waals surface area contributed by atoms with Gasteiger partial charge in [0.1, 0.15) is 0 Å². The van der Waals surface area contributed by atoms with E-state index >= 15 is 0 Å². The molecule has 4 heteroatoms. The van der Waals surface area contributed by atoms with Crippen molar-refractivity contribution in [3.63, 3.8) is 0 Å². The molecule has 1 fully saturated rings. The van der Waals surface area contributed by atoms with Crippen LogP contribution in [-0.4, -0.2) is 48.2 Å². The number of aliphatic hydroxyl groups excluding tert-OH is 1. The topological polar surface area (TPSA) is 52.6 Å². The lowest BCUT2D eigenvalue weighted by molar-refractivity contribution is 0.0816. The van der Waals surface area contributed by atoms with E-state index in [2.05, 4.69) is 10.2 Å². The summed E-state index contributed by atoms with van der Waals surface area (Å²) < 4.78 is 0. The van der Waals surface area contributed by atoms with E-state index in [0.29, 0.717) is 12.1 Å². The summed E-state index contributed by atoms with van der Waals surface area (Å²) in [5.41, 5.74) is 0.713. The molecule has 1 heterocycles. The normalized spacial score (nSPS) is 16.6. The van der Waals surface area contributed by atoms with Crippen molar-refractivity contribution in [2.45, 2.75) is 25.4 Å². The minimum Gasteiger partial charge on any atom is -0.393 e. The fourth-order valence-corrected chi connectivity index (χ4v) is 3.08. The van der Waals surface area contributed by atoms with Crippen LogP contribution in [0.3, 0.4) is 0 Å². The minimum absolute atomic E-state index is 0.00943. The summed E-state index contributed by atoms with van der Waals surface area (Å²) in [7, 11) is 0. The molecule has 1 amide bonds. The lowest BCUT2D eigenvalue weighted by Gasteiger charge is -2.29. The number of piperidine rings is 1. The SMILES string of the molecule is O=C(NCCCN1CCC(O)CC1)c1ccc2ccccc2c1. The van der Waals surface area contributed by atoms with E-state index in [-0.39, 0.29) is 12.0 Å². The molecule has 1 aliphatic rings. The van der Waals surface area contributed by atoms with Gasteiger partial charge in [0, 0.05) is 25.2 Å². The largest absolute Gasteiger partial charge is 0.393 e. The highest BCUT2D eigenvalue weighted by Crippen LogP contribution is 2.15. The molecule has 0 radical (unpaired) electrons. The van der Waals surface area contributed by atoms with E-state index in [4.69, 9.17) is 0 Å². The molecule has 2 N–H and O–H groups in total. The molecule has 0 aliphatic carbocycles. The van der Waals surface area contributed by atoms with Crippen LogP contribution in [0.2, 0.25) is 0 Å². The number of hydrogen-bond acceptors (Lipinski definition) is 3. The van der Waals surface area contributed by atoms with Crippen LogP contribution in [0.15, 0.2) is 42.5 Å². The van der Waals surface area contributed by atoms with E-state index < -0.39 is 0 Å². The summed E-state index contributed by atoms with van der Waals surface area (Å²) in [6.45, 7) is 3.58. The third kappa shape index (κ3) is 4.30. The second-order valence-electron chi connectivity index (χ2n) is 6.24. The van der Waals surface area contributed by atoms with Gasteiger partial charge in [-0.2, -0.15) is 0 Å². The first-order valence-electron chi connectivity index (χ1n) is 8.40. The Morgan fingerprint density at radius 2 is 1.87 bits per heavy atom. The van der Waals surface area contributed by atoms with Crippen molar-refractivity contribution in [3.05, 3.63) is 48.0 Å². The molecule has 4 nitrogen and oxygen atoms in total. The Morgan fingerprint density at radius 1 is 1.13 bits per heavy atom. The third-order valence-corrected chi connectivity index (χ3v) is 4.51. The maximum atomic E-state index is 12.2. The van der Waals surface area contributed by atoms with Gasteiger partial charge < -0.3 is 15.3 Å². The van der Waals surface area contributed by atoms with E-state index in [1.807, 2.05) is 42.5 Å². The number of hydrogen-bond donors (Lipinski definition) is 2. The molecule has 1 saturated heterocycles. The number of rotatable bonds is 5. The monoisotopic (exact) mass is 312 g/mol. The molecule has 0 bridgehead atoms. The smallest absolute Gasteiger partial charge is 0.251 e. The van der Waals surface area contributed by atoms with Gasteiger partial charge in [0.05, 0.1) is 6.10 Å². The number of nitrogens with one attached hydrogen (secondary N) is 1. The van der Waals surface area contributed by atoms with E-state index in [1.54, 1.807) is 0 Å². The number of aliphatic hydroxyl groups is 1. The second-order valence-corrected chi connectivity index (χ2v) is 6.24. The van der Waals surface area contributed by atoms with Gasteiger partial charge >= 0.3 is 0 Å². The highest BCUT2D eigenvalue weighted by atomic mass is 16.3. The van der Waals surface area contributed by atoms with Gasteiger partial charge in [-0.3, -0.25) is 4.79 Å². The first-order chi connectivity index (χ1) is 11.2. The maximum absolute atomic E-state index is 12.2. The van der Waals surface area contributed by atoms with Crippen molar-refractivity contribution >= 4 is 16.7 Å². The fourth-order valence-electron chi connectivity index (χ4n) is 3.08. The van der Waals surface area contributed by atoms with Crippen LogP contribution in [-0.2, 0) is 0 Å². The third-order valence-electron chi connectivity index (χ3n) is 4.51. The van der Waals surface area contributed by atoms with Crippen LogP contribution in [0.5, 0.6) is 0 Å². The molecule has 0 spiro atoms. The lowest BCUT2D eigenvalue weighted by atomic mass is 10.1. The zero-order chi connectivity index (χ0) is 16.1. The van der Waals surface area contributed by atoms with E-state index in [1.165, 1.54) is 0 Å². The fraction of sp³-hybridized carbons (Fsp3) is 0.421. The van der Waals surface area contributed by atoms with Gasteiger partial charge in [-0.15, -0.1) is 0 Å². The lowest BCUT2D eigenvalue weighted by Crippen LogP contribution is -2.37. The van der Waals surface area contributed by atoms with E-state index in [9.17, 15) is 9.90 Å². The molecule has 1 aliphatic heterocycles. The predicted octanol–water partition coefficient (Wildman–Crippen LogP) is 2.42. The first kappa shape index (κ1) is 16.0. The van der Waals surface area contributed by atoms with Crippen LogP contribution in [0, 0.1) is 0 Å². The number of fused-ring (bicyclic) bond motifs is 1. The average Bonchev–Trinajstić information content (AvgIpc) is 2.59. The maximum Gasteiger partial charge on any atom is 0.251 e. The number of carbonyl (C=O) groups excluding carboxylic acids is 1. The van der Waals surface area contributed by atoms with Crippen LogP contribution < -0.4 is 5.32 Å². The van der Waals surface area contributed by atoms with Gasteiger partial charge in [-0.05, 0) is 48.7 Å². The molecule has 2 aromatic carbocycles. The summed E-state index contributed by atoms with van der Waals surface area (Å²) in [5.74, 6) is -0.00943. The second kappa shape index (κ2) is 7.57. The highest BCUT2D eigenvalue weighted by Gasteiger charge is 2.16. The molecular formula is C19H24N2O2. The summed E-state index contributed by atoms with van der Waals surface area (Å²) in [4.78, 5) is 14.6. The molecule has 0 aromatic heterocycles. The van der Waals surface area contributed by atoms with Crippen molar-refractivity contribution in [2.24, 2.45) is 0 Å². The Labute approximate surface area is 137 Å². The average molecular weight is 312 g/mol. The molecule has 0 saturated carbocycles. The highest BCUT2D eigenvalue weighted by molar-refractivity contribution is 5.98. The molecule has 23 heavy (non-hydrogen) atoms. The molecular weight excluding hydrogens is 288 g/mol. The van der Waals surface area contributed by atoms with E-state index in [0.717, 1.165) is 49.7 Å². The Kier molecular flexibility index (Phi) is 5.26. The molecule has 0 unspecified atom stereocenters. The van der Waals surface area contributed by atoms with Gasteiger partial charge in [-0.25, -0.2) is 0 Å². The Hall–Kier alpha value is -1.91. The van der Waals surface area contributed by atoms with Gasteiger partial charge in [0.15, 0.2) is 0 Å². The number of nitrogens with zero attached hydrogens (tertiary/aromatic N) is 1. The minimum atomic E-state index is -0.126. The van der Waals surface area contributed by atoms with Crippen molar-refractivity contribution < 1.29 is 9.90 Å². The van der Waals surface area contributed by atoms with Gasteiger partial charge in [0.25, 0.3) is 5.91 Å². The van der Waals surface area contributed by atoms with Gasteiger partial charge in [-0.1, -0.05) is 30.3 Å². The van der Waals surface area contributed by atoms with Crippen molar-refractivity contribution in [2.75, 3.05) is 26.2 Å². The number of amides is 1. The van der Waals surface area contributed by atoms with Crippen LogP contribution >= 0.6 is 0 Å². The summed E-state index contributed by atoms with van der Waals surface area (Å²) in [5, 5.41) is 14.7. The van der Waals surface area contributed by atoms with Crippen molar-refractivity contribution in [3.8, 4) is 0 Å². The summed E-state index contributed by atoms with van der Waals surface area (Å²) in [6.07, 6.45) is 2.54. The van der Waals surface area contributed by atoms with Crippen LogP contribution in [0.25, 0.3) is 10.8 Å². The summed E-state index contributed by atoms with van der Waals surface area (Å²) >= 11 is 0. The number of carbonyl (C=O) groups is 1. The molecule has 0 atom stereocenters. The van der Waals surface area contributed by atoms with Crippen LogP contribution in [0.4, 0.5) is 0 Å². The number of likely N-dealkylation sites (tertiary alicyclic amines) is 1. The van der Waals surface area contributed by atoms with Crippen molar-refractivity contribution in [1.29, 1.82) is 0 Å². The van der Waals surface area contributed by atoms with Gasteiger partial charge in [0.2, 0.25) is 0 Å². The Morgan fingerprint density at radius 3 is 2.65 bits per heavy atom. The predicted molar refractivity (Wildman–Crippen MR) is 92.6 cm³/mol. The zero-order valence-corrected chi connectivity index (χ0v) is 13.4. The Bertz CT molecular complexity index is 663. The standard InChI is InChI=1S/C19H24N2O2/c22-18-8-12-21(13-9-18)11-3-10-20-19(23)17-7-6-15-4-1-2-5-16(15)14-17/h1-2,4-7,14,18,22H,3,8-13H2,(H,20,23). The van der Waals surface area contributed by atoms with Crippen LogP contribution in [0.1, 0.15) is 29.6 Å². The Balaban J connectivity index is 1.45. The van der Waals surface area contributed by atoms with Crippen molar-refractivity contribution in [1.82, 2.24) is 10.2 Å². The quantitative estimate of drug-likeness (QED) is 0.834. The molecule has 3 rings (SSSR count). The molecule has 2 aromatic rings. The summed E-state index contributed by atoms with van der Waals surface area (Å²) in [6, 6.07) is 13.9.